The number of rotatable bonds is 6. The van der Waals surface area contributed by atoms with E-state index in [1.807, 2.05) is 25.1 Å². The van der Waals surface area contributed by atoms with Crippen molar-refractivity contribution < 1.29 is 23.1 Å². The molecule has 31 heavy (non-hydrogen) atoms. The van der Waals surface area contributed by atoms with Gasteiger partial charge in [0.25, 0.3) is 0 Å². The quantitative estimate of drug-likeness (QED) is 0.681. The highest BCUT2D eigenvalue weighted by Gasteiger charge is 2.32. The molecule has 0 radical (unpaired) electrons. The minimum absolute atomic E-state index is 0.0384. The molecule has 0 atom stereocenters. The van der Waals surface area contributed by atoms with Crippen LogP contribution >= 0.6 is 0 Å². The number of hydrogen-bond donors (Lipinski definition) is 2. The molecule has 168 valence electrons. The third-order valence-electron chi connectivity index (χ3n) is 5.44. The average Bonchev–Trinajstić information content (AvgIpc) is 2.72. The van der Waals surface area contributed by atoms with Crippen LogP contribution in [0.1, 0.15) is 31.2 Å². The second kappa shape index (κ2) is 9.40. The van der Waals surface area contributed by atoms with Gasteiger partial charge < -0.3 is 15.3 Å². The highest BCUT2D eigenvalue weighted by molar-refractivity contribution is 5.86. The molecule has 1 amide bonds. The van der Waals surface area contributed by atoms with E-state index >= 15 is 0 Å². The van der Waals surface area contributed by atoms with Gasteiger partial charge in [-0.15, -0.1) is 0 Å². The van der Waals surface area contributed by atoms with Crippen LogP contribution in [0.25, 0.3) is 0 Å². The van der Waals surface area contributed by atoms with E-state index in [1.165, 1.54) is 12.1 Å². The summed E-state index contributed by atoms with van der Waals surface area (Å²) in [5.41, 5.74) is -0.819. The Balaban J connectivity index is 1.60. The maximum atomic E-state index is 13.0. The van der Waals surface area contributed by atoms with Gasteiger partial charge in [0.2, 0.25) is 5.95 Å². The first-order valence-electron chi connectivity index (χ1n) is 10.1. The number of anilines is 3. The number of carboxylic acid groups (broad SMARTS) is 1. The van der Waals surface area contributed by atoms with E-state index in [2.05, 4.69) is 15.3 Å². The molecule has 2 N–H and O–H groups in total. The smallest absolute Gasteiger partial charge is 0.416 e. The molecule has 2 aromatic rings. The van der Waals surface area contributed by atoms with Crippen molar-refractivity contribution in [2.45, 2.75) is 37.9 Å². The van der Waals surface area contributed by atoms with Crippen molar-refractivity contribution in [3.05, 3.63) is 42.1 Å². The fourth-order valence-electron chi connectivity index (χ4n) is 3.74. The van der Waals surface area contributed by atoms with Gasteiger partial charge in [0.05, 0.1) is 5.56 Å². The molecule has 1 saturated carbocycles. The fraction of sp³-hybridized carbons (Fsp3) is 0.476. The van der Waals surface area contributed by atoms with Crippen LogP contribution in [0, 0.1) is 5.92 Å². The minimum Gasteiger partial charge on any atom is -0.465 e. The molecule has 7 nitrogen and oxygen atoms in total. The van der Waals surface area contributed by atoms with Crippen molar-refractivity contribution in [1.29, 1.82) is 0 Å². The third kappa shape index (κ3) is 5.99. The van der Waals surface area contributed by atoms with E-state index in [4.69, 9.17) is 0 Å². The summed E-state index contributed by atoms with van der Waals surface area (Å²) in [5.74, 6) is 1.41. The number of benzene rings is 1. The number of nitrogens with one attached hydrogen (secondary N) is 1. The molecule has 1 aromatic carbocycles. The summed E-state index contributed by atoms with van der Waals surface area (Å²) in [5, 5.41) is 12.9. The van der Waals surface area contributed by atoms with Crippen LogP contribution in [0.4, 0.5) is 35.4 Å². The van der Waals surface area contributed by atoms with Gasteiger partial charge in [0, 0.05) is 38.6 Å². The molecule has 0 aliphatic heterocycles. The van der Waals surface area contributed by atoms with Crippen LogP contribution in [-0.4, -0.2) is 47.8 Å². The Bertz CT molecular complexity index is 899. The molecule has 1 fully saturated rings. The Morgan fingerprint density at radius 3 is 2.52 bits per heavy atom. The fourth-order valence-corrected chi connectivity index (χ4v) is 3.74. The molecule has 0 saturated heterocycles. The van der Waals surface area contributed by atoms with Crippen molar-refractivity contribution in [2.75, 3.05) is 35.8 Å². The Kier molecular flexibility index (Phi) is 6.87. The van der Waals surface area contributed by atoms with E-state index in [0.717, 1.165) is 48.5 Å². The number of halogens is 3. The lowest BCUT2D eigenvalue weighted by Crippen LogP contribution is -2.37. The molecular weight excluding hydrogens is 411 g/mol. The summed E-state index contributed by atoms with van der Waals surface area (Å²) >= 11 is 0. The largest absolute Gasteiger partial charge is 0.465 e. The summed E-state index contributed by atoms with van der Waals surface area (Å²) in [6.45, 7) is 0.163. The van der Waals surface area contributed by atoms with E-state index in [-0.39, 0.29) is 24.2 Å². The monoisotopic (exact) mass is 437 g/mol. The number of carbonyl (C=O) groups is 1. The Morgan fingerprint density at radius 1 is 1.19 bits per heavy atom. The first kappa shape index (κ1) is 22.6. The van der Waals surface area contributed by atoms with E-state index in [9.17, 15) is 23.1 Å². The lowest BCUT2D eigenvalue weighted by Gasteiger charge is -2.32. The molecule has 0 spiro atoms. The minimum atomic E-state index is -4.52. The van der Waals surface area contributed by atoms with Crippen LogP contribution in [-0.2, 0) is 6.18 Å². The van der Waals surface area contributed by atoms with Crippen LogP contribution in [0.2, 0.25) is 0 Å². The molecule has 1 aliphatic carbocycles. The van der Waals surface area contributed by atoms with Gasteiger partial charge in [0.1, 0.15) is 5.82 Å². The number of alkyl halides is 3. The van der Waals surface area contributed by atoms with E-state index in [0.29, 0.717) is 5.95 Å². The standard InChI is InChI=1S/C21H26F3N5O2/c1-28(2)18-10-11-25-19(27-18)26-16-8-6-14(7-9-16)13-29(20(30)31)17-5-3-4-15(12-17)21(22,23)24/h3-5,10-12,14,16H,6-9,13H2,1-2H3,(H,30,31)(H,25,26,27)/t14-,16+. The van der Waals surface area contributed by atoms with Crippen LogP contribution < -0.4 is 15.1 Å². The Hall–Kier alpha value is -3.04. The van der Waals surface area contributed by atoms with Crippen LogP contribution in [0.3, 0.4) is 0 Å². The second-order valence-electron chi connectivity index (χ2n) is 7.94. The summed E-state index contributed by atoms with van der Waals surface area (Å²) in [6, 6.07) is 6.43. The van der Waals surface area contributed by atoms with Gasteiger partial charge in [0.15, 0.2) is 0 Å². The first-order chi connectivity index (χ1) is 14.6. The van der Waals surface area contributed by atoms with Crippen LogP contribution in [0.5, 0.6) is 0 Å². The van der Waals surface area contributed by atoms with Crippen molar-refractivity contribution in [1.82, 2.24) is 9.97 Å². The molecule has 10 heteroatoms. The maximum Gasteiger partial charge on any atom is 0.416 e. The predicted octanol–water partition coefficient (Wildman–Crippen LogP) is 4.72. The zero-order chi connectivity index (χ0) is 22.6. The number of aromatic nitrogens is 2. The zero-order valence-corrected chi connectivity index (χ0v) is 17.4. The highest BCUT2D eigenvalue weighted by atomic mass is 19.4. The number of amides is 1. The Morgan fingerprint density at radius 2 is 1.90 bits per heavy atom. The number of nitrogens with zero attached hydrogens (tertiary/aromatic N) is 4. The summed E-state index contributed by atoms with van der Waals surface area (Å²) in [7, 11) is 3.80. The average molecular weight is 437 g/mol. The SMILES string of the molecule is CN(C)c1ccnc(N[C@H]2CC[C@@H](CN(C(=O)O)c3cccc(C(F)(F)F)c3)CC2)n1. The first-order valence-corrected chi connectivity index (χ1v) is 10.1. The molecule has 1 heterocycles. The van der Waals surface area contributed by atoms with Crippen molar-refractivity contribution >= 4 is 23.5 Å². The van der Waals surface area contributed by atoms with Gasteiger partial charge in [-0.3, -0.25) is 4.90 Å². The van der Waals surface area contributed by atoms with Gasteiger partial charge in [-0.25, -0.2) is 9.78 Å². The Labute approximate surface area is 178 Å². The van der Waals surface area contributed by atoms with E-state index in [1.54, 1.807) is 6.20 Å². The van der Waals surface area contributed by atoms with Gasteiger partial charge in [-0.2, -0.15) is 18.2 Å². The molecule has 0 unspecified atom stereocenters. The topological polar surface area (TPSA) is 81.6 Å². The van der Waals surface area contributed by atoms with Crippen LogP contribution in [0.15, 0.2) is 36.5 Å². The van der Waals surface area contributed by atoms with Gasteiger partial charge in [-0.1, -0.05) is 6.07 Å². The molecule has 3 rings (SSSR count). The van der Waals surface area contributed by atoms with Gasteiger partial charge in [-0.05, 0) is 55.9 Å². The van der Waals surface area contributed by atoms with E-state index < -0.39 is 17.8 Å². The molecule has 0 bridgehead atoms. The molecule has 1 aliphatic rings. The lowest BCUT2D eigenvalue weighted by atomic mass is 9.85. The lowest BCUT2D eigenvalue weighted by molar-refractivity contribution is -0.137. The molecular formula is C21H26F3N5O2. The zero-order valence-electron chi connectivity index (χ0n) is 17.4. The summed E-state index contributed by atoms with van der Waals surface area (Å²) < 4.78 is 39.0. The van der Waals surface area contributed by atoms with Crippen molar-refractivity contribution in [3.8, 4) is 0 Å². The molecule has 1 aromatic heterocycles. The van der Waals surface area contributed by atoms with Crippen molar-refractivity contribution in [2.24, 2.45) is 5.92 Å². The summed E-state index contributed by atoms with van der Waals surface area (Å²) in [6.07, 6.45) is -0.964. The summed E-state index contributed by atoms with van der Waals surface area (Å²) in [4.78, 5) is 23.3. The van der Waals surface area contributed by atoms with Gasteiger partial charge >= 0.3 is 12.3 Å². The van der Waals surface area contributed by atoms with Crippen molar-refractivity contribution in [3.63, 3.8) is 0 Å². The number of hydrogen-bond acceptors (Lipinski definition) is 5. The third-order valence-corrected chi connectivity index (χ3v) is 5.44. The normalized spacial score (nSPS) is 19.0. The predicted molar refractivity (Wildman–Crippen MR) is 113 cm³/mol. The second-order valence-corrected chi connectivity index (χ2v) is 7.94. The maximum absolute atomic E-state index is 13.0. The highest BCUT2D eigenvalue weighted by Crippen LogP contribution is 2.33.